The predicted octanol–water partition coefficient (Wildman–Crippen LogP) is 2.23. The molecule has 0 saturated heterocycles. The number of methoxy groups -OCH3 is 1. The summed E-state index contributed by atoms with van der Waals surface area (Å²) in [5, 5.41) is 12.8. The van der Waals surface area contributed by atoms with Gasteiger partial charge in [0.2, 0.25) is 6.79 Å². The molecule has 2 aromatic carbocycles. The molecule has 0 bridgehead atoms. The Morgan fingerprint density at radius 2 is 1.91 bits per heavy atom. The van der Waals surface area contributed by atoms with Crippen LogP contribution in [-0.2, 0) is 30.9 Å². The Morgan fingerprint density at radius 1 is 1.12 bits per heavy atom. The summed E-state index contributed by atoms with van der Waals surface area (Å²) in [6, 6.07) is 11.8. The van der Waals surface area contributed by atoms with Crippen molar-refractivity contribution in [3.8, 4) is 11.5 Å². The summed E-state index contributed by atoms with van der Waals surface area (Å²) in [5.74, 6) is 1.59. The zero-order valence-corrected chi connectivity index (χ0v) is 18.5. The number of ether oxygens (including phenoxy) is 3. The fourth-order valence-corrected chi connectivity index (χ4v) is 3.90. The number of benzene rings is 2. The van der Waals surface area contributed by atoms with Gasteiger partial charge in [0.1, 0.15) is 5.82 Å². The van der Waals surface area contributed by atoms with E-state index in [1.165, 1.54) is 12.1 Å². The van der Waals surface area contributed by atoms with E-state index in [0.717, 1.165) is 10.9 Å². The van der Waals surface area contributed by atoms with E-state index in [0.29, 0.717) is 61.2 Å². The van der Waals surface area contributed by atoms with E-state index in [-0.39, 0.29) is 18.2 Å². The Kier molecular flexibility index (Phi) is 6.19. The van der Waals surface area contributed by atoms with Gasteiger partial charge in [0.25, 0.3) is 5.56 Å². The van der Waals surface area contributed by atoms with Crippen LogP contribution in [0.1, 0.15) is 17.0 Å². The summed E-state index contributed by atoms with van der Waals surface area (Å²) < 4.78 is 31.1. The van der Waals surface area contributed by atoms with Gasteiger partial charge in [-0.05, 0) is 40.3 Å². The first-order valence-corrected chi connectivity index (χ1v) is 10.8. The van der Waals surface area contributed by atoms with E-state index in [1.807, 2.05) is 17.0 Å². The average Bonchev–Trinajstić information content (AvgIpc) is 3.47. The first-order valence-electron chi connectivity index (χ1n) is 10.8. The minimum atomic E-state index is -0.302. The first kappa shape index (κ1) is 22.0. The van der Waals surface area contributed by atoms with Crippen LogP contribution in [0.4, 0.5) is 4.39 Å². The maximum absolute atomic E-state index is 13.4. The third-order valence-corrected chi connectivity index (χ3v) is 5.61. The lowest BCUT2D eigenvalue weighted by atomic mass is 10.1. The smallest absolute Gasteiger partial charge is 0.252 e. The minimum absolute atomic E-state index is 0.159. The van der Waals surface area contributed by atoms with Gasteiger partial charge >= 0.3 is 0 Å². The summed E-state index contributed by atoms with van der Waals surface area (Å²) in [6.45, 7) is 2.31. The topological polar surface area (TPSA) is 107 Å². The Morgan fingerprint density at radius 3 is 2.71 bits per heavy atom. The highest BCUT2D eigenvalue weighted by molar-refractivity contribution is 5.83. The number of aromatic amines is 1. The molecule has 0 atom stereocenters. The average molecular weight is 466 g/mol. The summed E-state index contributed by atoms with van der Waals surface area (Å²) in [5.41, 5.74) is 1.95. The number of fused-ring (bicyclic) bond motifs is 2. The second kappa shape index (κ2) is 9.57. The third-order valence-electron chi connectivity index (χ3n) is 5.61. The fraction of sp³-hybridized carbons (Fsp3) is 0.304. The second-order valence-electron chi connectivity index (χ2n) is 8.00. The molecule has 1 N–H and O–H groups in total. The molecule has 11 heteroatoms. The highest BCUT2D eigenvalue weighted by Gasteiger charge is 2.18. The van der Waals surface area contributed by atoms with Crippen LogP contribution in [0.15, 0.2) is 47.3 Å². The SMILES string of the molecule is COCCn1nnnc1CN(Cc1ccc(F)cc1)Cc1cc2cc3c(cc2[nH]c1=O)OCO3. The van der Waals surface area contributed by atoms with Crippen LogP contribution in [0.2, 0.25) is 0 Å². The van der Waals surface area contributed by atoms with Gasteiger partial charge in [-0.3, -0.25) is 9.69 Å². The molecule has 0 aliphatic carbocycles. The fourth-order valence-electron chi connectivity index (χ4n) is 3.90. The van der Waals surface area contributed by atoms with Gasteiger partial charge in [0.15, 0.2) is 17.3 Å². The molecule has 176 valence electrons. The molecule has 0 amide bonds. The highest BCUT2D eigenvalue weighted by Crippen LogP contribution is 2.35. The number of hydrogen-bond donors (Lipinski definition) is 1. The standard InChI is InChI=1S/C23H23FN6O4/c1-32-7-6-30-22(26-27-28-30)13-29(11-15-2-4-18(24)5-3-15)12-17-8-16-9-20-21(34-14-33-20)10-19(16)25-23(17)31/h2-5,8-10H,6-7,11-14H2,1H3,(H,25,31). The van der Waals surface area contributed by atoms with Gasteiger partial charge in [-0.15, -0.1) is 5.10 Å². The van der Waals surface area contributed by atoms with Gasteiger partial charge in [0, 0.05) is 37.2 Å². The lowest BCUT2D eigenvalue weighted by Crippen LogP contribution is -2.28. The van der Waals surface area contributed by atoms with E-state index in [2.05, 4.69) is 20.5 Å². The summed E-state index contributed by atoms with van der Waals surface area (Å²) in [6.07, 6.45) is 0. The Balaban J connectivity index is 1.45. The molecule has 5 rings (SSSR count). The van der Waals surface area contributed by atoms with Crippen LogP contribution < -0.4 is 15.0 Å². The molecule has 0 unspecified atom stereocenters. The predicted molar refractivity (Wildman–Crippen MR) is 120 cm³/mol. The lowest BCUT2D eigenvalue weighted by Gasteiger charge is -2.22. The van der Waals surface area contributed by atoms with Gasteiger partial charge in [0.05, 0.1) is 25.2 Å². The number of halogens is 1. The quantitative estimate of drug-likeness (QED) is 0.400. The molecule has 1 aliphatic heterocycles. The van der Waals surface area contributed by atoms with E-state index < -0.39 is 0 Å². The van der Waals surface area contributed by atoms with Crippen molar-refractivity contribution in [2.75, 3.05) is 20.5 Å². The minimum Gasteiger partial charge on any atom is -0.454 e. The van der Waals surface area contributed by atoms with Crippen molar-refractivity contribution in [3.05, 3.63) is 75.6 Å². The number of nitrogens with one attached hydrogen (secondary N) is 1. The van der Waals surface area contributed by atoms with Gasteiger partial charge in [-0.25, -0.2) is 9.07 Å². The van der Waals surface area contributed by atoms with Crippen LogP contribution in [-0.4, -0.2) is 50.6 Å². The van der Waals surface area contributed by atoms with E-state index in [4.69, 9.17) is 14.2 Å². The maximum Gasteiger partial charge on any atom is 0.252 e. The summed E-state index contributed by atoms with van der Waals surface area (Å²) in [4.78, 5) is 17.9. The van der Waals surface area contributed by atoms with Gasteiger partial charge < -0.3 is 19.2 Å². The highest BCUT2D eigenvalue weighted by atomic mass is 19.1. The first-order chi connectivity index (χ1) is 16.6. The second-order valence-corrected chi connectivity index (χ2v) is 8.00. The Labute approximate surface area is 193 Å². The number of aromatic nitrogens is 5. The zero-order chi connectivity index (χ0) is 23.5. The van der Waals surface area contributed by atoms with Crippen LogP contribution in [0.25, 0.3) is 10.9 Å². The zero-order valence-electron chi connectivity index (χ0n) is 18.5. The molecule has 10 nitrogen and oxygen atoms in total. The molecule has 0 spiro atoms. The molecule has 0 fully saturated rings. The molecule has 0 saturated carbocycles. The van der Waals surface area contributed by atoms with Crippen LogP contribution in [0.5, 0.6) is 11.5 Å². The normalized spacial score (nSPS) is 12.7. The number of tetrazole rings is 1. The van der Waals surface area contributed by atoms with Gasteiger partial charge in [-0.2, -0.15) is 0 Å². The number of hydrogen-bond acceptors (Lipinski definition) is 8. The van der Waals surface area contributed by atoms with Gasteiger partial charge in [-0.1, -0.05) is 12.1 Å². The molecule has 3 heterocycles. The van der Waals surface area contributed by atoms with Crippen molar-refractivity contribution in [2.45, 2.75) is 26.2 Å². The largest absolute Gasteiger partial charge is 0.454 e. The van der Waals surface area contributed by atoms with Crippen molar-refractivity contribution < 1.29 is 18.6 Å². The molecule has 34 heavy (non-hydrogen) atoms. The molecule has 1 aliphatic rings. The van der Waals surface area contributed by atoms with Crippen LogP contribution in [0, 0.1) is 5.82 Å². The van der Waals surface area contributed by atoms with Crippen molar-refractivity contribution in [2.24, 2.45) is 0 Å². The molecule has 4 aromatic rings. The summed E-state index contributed by atoms with van der Waals surface area (Å²) in [7, 11) is 1.61. The van der Waals surface area contributed by atoms with Crippen LogP contribution in [0.3, 0.4) is 0 Å². The number of nitrogens with zero attached hydrogens (tertiary/aromatic N) is 5. The van der Waals surface area contributed by atoms with Crippen molar-refractivity contribution in [1.29, 1.82) is 0 Å². The third kappa shape index (κ3) is 4.75. The Hall–Kier alpha value is -3.83. The molecule has 2 aromatic heterocycles. The maximum atomic E-state index is 13.4. The summed E-state index contributed by atoms with van der Waals surface area (Å²) >= 11 is 0. The molecular formula is C23H23FN6O4. The van der Waals surface area contributed by atoms with Crippen LogP contribution >= 0.6 is 0 Å². The molecule has 0 radical (unpaired) electrons. The van der Waals surface area contributed by atoms with E-state index >= 15 is 0 Å². The van der Waals surface area contributed by atoms with Crippen molar-refractivity contribution >= 4 is 10.9 Å². The molecular weight excluding hydrogens is 443 g/mol. The number of H-pyrrole nitrogens is 1. The number of pyridine rings is 1. The van der Waals surface area contributed by atoms with Crippen molar-refractivity contribution in [1.82, 2.24) is 30.1 Å². The number of rotatable bonds is 9. The van der Waals surface area contributed by atoms with E-state index in [9.17, 15) is 9.18 Å². The monoisotopic (exact) mass is 466 g/mol. The lowest BCUT2D eigenvalue weighted by molar-refractivity contribution is 0.174. The van der Waals surface area contributed by atoms with E-state index in [1.54, 1.807) is 30.0 Å². The Bertz CT molecular complexity index is 1350. The van der Waals surface area contributed by atoms with Crippen molar-refractivity contribution in [3.63, 3.8) is 0 Å².